The van der Waals surface area contributed by atoms with Crippen LogP contribution in [0.3, 0.4) is 0 Å². The number of hydrogen-bond acceptors (Lipinski definition) is 1. The van der Waals surface area contributed by atoms with E-state index in [1.807, 2.05) is 13.0 Å². The Bertz CT molecular complexity index is 695. The Morgan fingerprint density at radius 3 is 1.87 bits per heavy atom. The molecule has 0 bridgehead atoms. The van der Waals surface area contributed by atoms with E-state index in [2.05, 4.69) is 128 Å². The molecule has 0 amide bonds. The van der Waals surface area contributed by atoms with E-state index in [0.29, 0.717) is 5.92 Å². The minimum atomic E-state index is 0.483. The van der Waals surface area contributed by atoms with Gasteiger partial charge in [0.15, 0.2) is 0 Å². The van der Waals surface area contributed by atoms with Crippen molar-refractivity contribution in [3.63, 3.8) is 0 Å². The number of likely N-dealkylation sites (N-methyl/N-ethyl adjacent to an activating group) is 1. The molecule has 0 fully saturated rings. The van der Waals surface area contributed by atoms with Crippen molar-refractivity contribution in [2.45, 2.75) is 61.9 Å². The van der Waals surface area contributed by atoms with Crippen molar-refractivity contribution in [3.05, 3.63) is 108 Å². The number of nitrogens with zero attached hydrogens (tertiary/aromatic N) is 1. The molecule has 0 unspecified atom stereocenters. The highest BCUT2D eigenvalue weighted by Crippen LogP contribution is 2.27. The van der Waals surface area contributed by atoms with Crippen LogP contribution >= 0.6 is 0 Å². The van der Waals surface area contributed by atoms with Crippen LogP contribution in [-0.2, 0) is 6.54 Å². The summed E-state index contributed by atoms with van der Waals surface area (Å²) in [6, 6.07) is 10.6. The van der Waals surface area contributed by atoms with E-state index >= 15 is 0 Å². The maximum absolute atomic E-state index is 4.09. The van der Waals surface area contributed by atoms with Crippen LogP contribution in [-0.4, -0.2) is 11.4 Å². The maximum Gasteiger partial charge on any atom is 0.0439 e. The lowest BCUT2D eigenvalue weighted by Gasteiger charge is -2.28. The molecule has 0 N–H and O–H groups in total. The molecule has 1 heteroatoms. The maximum atomic E-state index is 4.09. The van der Waals surface area contributed by atoms with Crippen molar-refractivity contribution in [1.82, 2.24) is 4.90 Å². The van der Waals surface area contributed by atoms with Gasteiger partial charge in [0.1, 0.15) is 0 Å². The van der Waals surface area contributed by atoms with Crippen LogP contribution in [0.5, 0.6) is 0 Å². The Kier molecular flexibility index (Phi) is 18.3. The second kappa shape index (κ2) is 18.5. The predicted octanol–water partition coefficient (Wildman–Crippen LogP) is 8.90. The number of allylic oxidation sites excluding steroid dienone is 8. The molecule has 1 rings (SSSR count). The fourth-order valence-corrected chi connectivity index (χ4v) is 2.88. The zero-order valence-corrected chi connectivity index (χ0v) is 20.8. The normalized spacial score (nSPS) is 11.6. The molecule has 0 atom stereocenters. The zero-order valence-electron chi connectivity index (χ0n) is 20.8. The van der Waals surface area contributed by atoms with Crippen LogP contribution in [0.2, 0.25) is 0 Å². The largest absolute Gasteiger partial charge is 0.367 e. The molecule has 1 aromatic carbocycles. The number of benzene rings is 1. The number of rotatable bonds is 8. The van der Waals surface area contributed by atoms with E-state index in [4.69, 9.17) is 0 Å². The van der Waals surface area contributed by atoms with Gasteiger partial charge in [0.05, 0.1) is 0 Å². The van der Waals surface area contributed by atoms with Gasteiger partial charge in [-0.1, -0.05) is 80.6 Å². The Morgan fingerprint density at radius 2 is 1.53 bits per heavy atom. The van der Waals surface area contributed by atoms with Crippen molar-refractivity contribution >= 4 is 0 Å². The van der Waals surface area contributed by atoms with Crippen LogP contribution in [0.4, 0.5) is 0 Å². The molecule has 0 aromatic heterocycles. The van der Waals surface area contributed by atoms with Gasteiger partial charge in [0.25, 0.3) is 0 Å². The summed E-state index contributed by atoms with van der Waals surface area (Å²) in [6.45, 7) is 29.0. The first-order chi connectivity index (χ1) is 14.4. The van der Waals surface area contributed by atoms with E-state index in [-0.39, 0.29) is 0 Å². The fraction of sp³-hybridized carbons (Fsp3) is 0.379. The van der Waals surface area contributed by atoms with Gasteiger partial charge in [-0.2, -0.15) is 0 Å². The molecule has 0 saturated carbocycles. The third kappa shape index (κ3) is 11.5. The van der Waals surface area contributed by atoms with Crippen molar-refractivity contribution in [2.75, 3.05) is 6.54 Å². The standard InChI is InChI=1S/C22H31N.C5H10.C2H4/c1-7-14-21(20(8-2)18(5)6)22(9-3)23(10-4)17-19-15-12-11-13-16-19;1-4-5(2)3;1-2/h7-9,11-16,18H,3,10,17H2,1-2,4-6H3;4H,1-3H3;1-2H2/b14-7-,20-8-,22-21-;;. The average Bonchev–Trinajstić information content (AvgIpc) is 2.76. The molecule has 30 heavy (non-hydrogen) atoms. The van der Waals surface area contributed by atoms with Crippen LogP contribution < -0.4 is 0 Å². The Hall–Kier alpha value is -2.54. The molecule has 0 heterocycles. The smallest absolute Gasteiger partial charge is 0.0439 e. The minimum Gasteiger partial charge on any atom is -0.367 e. The monoisotopic (exact) mass is 407 g/mol. The van der Waals surface area contributed by atoms with Crippen LogP contribution in [0.15, 0.2) is 103 Å². The molecule has 0 aliphatic carbocycles. The third-order valence-corrected chi connectivity index (χ3v) is 4.56. The molecular weight excluding hydrogens is 362 g/mol. The van der Waals surface area contributed by atoms with E-state index in [0.717, 1.165) is 13.1 Å². The lowest BCUT2D eigenvalue weighted by Crippen LogP contribution is -2.23. The van der Waals surface area contributed by atoms with Crippen molar-refractivity contribution in [2.24, 2.45) is 5.92 Å². The molecule has 0 spiro atoms. The van der Waals surface area contributed by atoms with Gasteiger partial charge in [-0.25, -0.2) is 0 Å². The van der Waals surface area contributed by atoms with Gasteiger partial charge in [-0.15, -0.1) is 13.2 Å². The SMILES string of the molecule is C=C.C=C/C(=C(\C=C/C)C(=C\C)/C(C)C)N(CC)Cc1ccccc1.CC=C(C)C. The van der Waals surface area contributed by atoms with Crippen molar-refractivity contribution in [3.8, 4) is 0 Å². The highest BCUT2D eigenvalue weighted by atomic mass is 15.1. The topological polar surface area (TPSA) is 3.24 Å². The minimum absolute atomic E-state index is 0.483. The Morgan fingerprint density at radius 1 is 1.00 bits per heavy atom. The molecular formula is C29H45N. The van der Waals surface area contributed by atoms with E-state index in [9.17, 15) is 0 Å². The van der Waals surface area contributed by atoms with E-state index in [1.54, 1.807) is 0 Å². The molecule has 0 aliphatic rings. The first-order valence-electron chi connectivity index (χ1n) is 10.9. The fourth-order valence-electron chi connectivity index (χ4n) is 2.88. The first-order valence-corrected chi connectivity index (χ1v) is 10.9. The quantitative estimate of drug-likeness (QED) is 0.307. The van der Waals surface area contributed by atoms with Gasteiger partial charge in [0, 0.05) is 24.4 Å². The van der Waals surface area contributed by atoms with Crippen LogP contribution in [0.25, 0.3) is 0 Å². The van der Waals surface area contributed by atoms with Crippen molar-refractivity contribution in [1.29, 1.82) is 0 Å². The molecule has 1 nitrogen and oxygen atoms in total. The molecule has 0 aliphatic heterocycles. The molecule has 1 aromatic rings. The summed E-state index contributed by atoms with van der Waals surface area (Å²) in [5, 5.41) is 0. The second-order valence-corrected chi connectivity index (χ2v) is 7.27. The highest BCUT2D eigenvalue weighted by molar-refractivity contribution is 5.47. The Labute approximate surface area is 187 Å². The van der Waals surface area contributed by atoms with Gasteiger partial charge in [-0.3, -0.25) is 0 Å². The third-order valence-electron chi connectivity index (χ3n) is 4.56. The summed E-state index contributed by atoms with van der Waals surface area (Å²) in [4.78, 5) is 2.39. The summed E-state index contributed by atoms with van der Waals surface area (Å²) in [5.74, 6) is 0.483. The van der Waals surface area contributed by atoms with Crippen LogP contribution in [0, 0.1) is 5.92 Å². The van der Waals surface area contributed by atoms with Crippen LogP contribution in [0.1, 0.15) is 61.0 Å². The zero-order chi connectivity index (χ0) is 23.5. The summed E-state index contributed by atoms with van der Waals surface area (Å²) in [5.41, 5.74) is 6.55. The van der Waals surface area contributed by atoms with Gasteiger partial charge < -0.3 is 4.90 Å². The lowest BCUT2D eigenvalue weighted by atomic mass is 9.92. The lowest BCUT2D eigenvalue weighted by molar-refractivity contribution is 0.364. The van der Waals surface area contributed by atoms with E-state index in [1.165, 1.54) is 28.0 Å². The summed E-state index contributed by atoms with van der Waals surface area (Å²) < 4.78 is 0. The summed E-state index contributed by atoms with van der Waals surface area (Å²) in [6.07, 6.45) is 10.6. The van der Waals surface area contributed by atoms with Gasteiger partial charge in [-0.05, 0) is 64.7 Å². The Balaban J connectivity index is 0. The summed E-state index contributed by atoms with van der Waals surface area (Å²) >= 11 is 0. The molecule has 0 saturated heterocycles. The van der Waals surface area contributed by atoms with Crippen molar-refractivity contribution < 1.29 is 0 Å². The first kappa shape index (κ1) is 29.7. The van der Waals surface area contributed by atoms with Gasteiger partial charge in [0.2, 0.25) is 0 Å². The summed E-state index contributed by atoms with van der Waals surface area (Å²) in [7, 11) is 0. The van der Waals surface area contributed by atoms with E-state index < -0.39 is 0 Å². The highest BCUT2D eigenvalue weighted by Gasteiger charge is 2.15. The second-order valence-electron chi connectivity index (χ2n) is 7.27. The molecule has 0 radical (unpaired) electrons. The number of hydrogen-bond donors (Lipinski definition) is 0. The molecule has 166 valence electrons. The van der Waals surface area contributed by atoms with Gasteiger partial charge >= 0.3 is 0 Å². The predicted molar refractivity (Wildman–Crippen MR) is 140 cm³/mol. The average molecular weight is 408 g/mol.